The number of benzene rings is 2. The minimum absolute atomic E-state index is 0.000804. The van der Waals surface area contributed by atoms with E-state index in [0.29, 0.717) is 23.6 Å². The van der Waals surface area contributed by atoms with E-state index in [2.05, 4.69) is 33.0 Å². The van der Waals surface area contributed by atoms with Gasteiger partial charge in [0.05, 0.1) is 23.9 Å². The van der Waals surface area contributed by atoms with E-state index in [1.807, 2.05) is 55.5 Å². The van der Waals surface area contributed by atoms with E-state index >= 15 is 0 Å². The number of aryl methyl sites for hydroxylation is 1. The largest absolute Gasteiger partial charge is 0.487 e. The van der Waals surface area contributed by atoms with Crippen molar-refractivity contribution in [3.05, 3.63) is 76.5 Å². The van der Waals surface area contributed by atoms with Gasteiger partial charge in [-0.05, 0) is 54.5 Å². The molecule has 0 aromatic heterocycles. The number of nitrogens with one attached hydrogen (secondary N) is 1. The van der Waals surface area contributed by atoms with Crippen molar-refractivity contribution in [2.24, 2.45) is 0 Å². The summed E-state index contributed by atoms with van der Waals surface area (Å²) in [6.07, 6.45) is 0.893. The molecule has 1 heterocycles. The van der Waals surface area contributed by atoms with Crippen molar-refractivity contribution < 1.29 is 19.1 Å². The molecule has 0 fully saturated rings. The van der Waals surface area contributed by atoms with Crippen LogP contribution >= 0.6 is 0 Å². The van der Waals surface area contributed by atoms with Gasteiger partial charge in [-0.3, -0.25) is 4.90 Å². The van der Waals surface area contributed by atoms with Gasteiger partial charge in [0.1, 0.15) is 12.4 Å². The van der Waals surface area contributed by atoms with Gasteiger partial charge in [-0.1, -0.05) is 64.1 Å². The Morgan fingerprint density at radius 3 is 2.35 bits per heavy atom. The number of esters is 1. The summed E-state index contributed by atoms with van der Waals surface area (Å²) in [7, 11) is 0. The number of hydrogen-bond acceptors (Lipinski definition) is 4. The predicted molar refractivity (Wildman–Crippen MR) is 134 cm³/mol. The van der Waals surface area contributed by atoms with Gasteiger partial charge in [-0.25, -0.2) is 9.59 Å². The van der Waals surface area contributed by atoms with Crippen LogP contribution in [0.4, 0.5) is 4.79 Å². The molecule has 0 unspecified atom stereocenters. The third-order valence-electron chi connectivity index (χ3n) is 6.04. The molecular weight excluding hydrogens is 428 g/mol. The van der Waals surface area contributed by atoms with Gasteiger partial charge >= 0.3 is 12.0 Å². The summed E-state index contributed by atoms with van der Waals surface area (Å²) in [5.41, 5.74) is 4.08. The maximum Gasteiger partial charge on any atom is 0.338 e. The van der Waals surface area contributed by atoms with E-state index < -0.39 is 12.0 Å². The Morgan fingerprint density at radius 1 is 1.06 bits per heavy atom. The van der Waals surface area contributed by atoms with Crippen LogP contribution in [0, 0.1) is 0 Å². The molecule has 0 bridgehead atoms. The quantitative estimate of drug-likeness (QED) is 0.522. The average Bonchev–Trinajstić information content (AvgIpc) is 2.82. The predicted octanol–water partition coefficient (Wildman–Crippen LogP) is 5.53. The fraction of sp³-hybridized carbons (Fsp3) is 0.429. The van der Waals surface area contributed by atoms with Gasteiger partial charge in [0.2, 0.25) is 0 Å². The Balaban J connectivity index is 2.05. The fourth-order valence-electron chi connectivity index (χ4n) is 4.08. The molecule has 1 aliphatic heterocycles. The number of nitrogens with zero attached hydrogens (tertiary/aromatic N) is 1. The molecule has 2 aromatic rings. The van der Waals surface area contributed by atoms with E-state index in [0.717, 1.165) is 17.5 Å². The average molecular weight is 465 g/mol. The SMILES string of the molecule is CCOC(=O)C1=C(COc2cccc(CC)c2)N(CC)C(=O)N[C@H]1c1ccc(C(C)(C)C)cc1. The number of urea groups is 1. The van der Waals surface area contributed by atoms with Gasteiger partial charge in [0.25, 0.3) is 0 Å². The van der Waals surface area contributed by atoms with E-state index in [-0.39, 0.29) is 24.7 Å². The molecule has 1 N–H and O–H groups in total. The van der Waals surface area contributed by atoms with Gasteiger partial charge < -0.3 is 14.8 Å². The van der Waals surface area contributed by atoms with Crippen LogP contribution in [-0.2, 0) is 21.4 Å². The molecule has 3 rings (SSSR count). The van der Waals surface area contributed by atoms with Crippen molar-refractivity contribution in [1.82, 2.24) is 10.2 Å². The monoisotopic (exact) mass is 464 g/mol. The maximum absolute atomic E-state index is 13.2. The smallest absolute Gasteiger partial charge is 0.338 e. The minimum Gasteiger partial charge on any atom is -0.487 e. The lowest BCUT2D eigenvalue weighted by Crippen LogP contribution is -2.49. The highest BCUT2D eigenvalue weighted by Gasteiger charge is 2.38. The summed E-state index contributed by atoms with van der Waals surface area (Å²) in [6.45, 7) is 12.9. The van der Waals surface area contributed by atoms with Crippen molar-refractivity contribution in [2.75, 3.05) is 19.8 Å². The van der Waals surface area contributed by atoms with Crippen molar-refractivity contribution >= 4 is 12.0 Å². The molecule has 6 heteroatoms. The molecule has 0 radical (unpaired) electrons. The molecule has 6 nitrogen and oxygen atoms in total. The summed E-state index contributed by atoms with van der Waals surface area (Å²) in [5, 5.41) is 3.00. The topological polar surface area (TPSA) is 67.9 Å². The van der Waals surface area contributed by atoms with Crippen LogP contribution in [0.25, 0.3) is 0 Å². The number of rotatable bonds is 8. The lowest BCUT2D eigenvalue weighted by atomic mass is 9.85. The number of ether oxygens (including phenoxy) is 2. The number of hydrogen-bond donors (Lipinski definition) is 1. The van der Waals surface area contributed by atoms with Crippen LogP contribution in [0.5, 0.6) is 5.75 Å². The molecule has 0 saturated heterocycles. The zero-order chi connectivity index (χ0) is 24.9. The highest BCUT2D eigenvalue weighted by atomic mass is 16.5. The zero-order valence-electron chi connectivity index (χ0n) is 21.1. The van der Waals surface area contributed by atoms with Crippen LogP contribution in [-0.4, -0.2) is 36.7 Å². The minimum atomic E-state index is -0.621. The van der Waals surface area contributed by atoms with Crippen molar-refractivity contribution in [3.63, 3.8) is 0 Å². The highest BCUT2D eigenvalue weighted by Crippen LogP contribution is 2.33. The second-order valence-corrected chi connectivity index (χ2v) is 9.37. The fourth-order valence-corrected chi connectivity index (χ4v) is 4.08. The molecule has 2 aromatic carbocycles. The first kappa shape index (κ1) is 25.3. The third kappa shape index (κ3) is 5.61. The highest BCUT2D eigenvalue weighted by molar-refractivity contribution is 5.95. The summed E-state index contributed by atoms with van der Waals surface area (Å²) >= 11 is 0. The molecule has 0 saturated carbocycles. The maximum atomic E-state index is 13.2. The van der Waals surface area contributed by atoms with Crippen LogP contribution in [0.2, 0.25) is 0 Å². The third-order valence-corrected chi connectivity index (χ3v) is 6.04. The van der Waals surface area contributed by atoms with E-state index in [1.54, 1.807) is 11.8 Å². The van der Waals surface area contributed by atoms with Crippen molar-refractivity contribution in [2.45, 2.75) is 59.4 Å². The van der Waals surface area contributed by atoms with Crippen LogP contribution in [0.1, 0.15) is 64.3 Å². The summed E-state index contributed by atoms with van der Waals surface area (Å²) < 4.78 is 11.5. The van der Waals surface area contributed by atoms with Crippen molar-refractivity contribution in [1.29, 1.82) is 0 Å². The normalized spacial score (nSPS) is 16.4. The molecular formula is C28H36N2O4. The summed E-state index contributed by atoms with van der Waals surface area (Å²) in [4.78, 5) is 27.8. The molecule has 0 aliphatic carbocycles. The Bertz CT molecular complexity index is 1050. The van der Waals surface area contributed by atoms with Crippen LogP contribution in [0.3, 0.4) is 0 Å². The first-order chi connectivity index (χ1) is 16.2. The van der Waals surface area contributed by atoms with Gasteiger partial charge in [-0.2, -0.15) is 0 Å². The zero-order valence-corrected chi connectivity index (χ0v) is 21.1. The molecule has 182 valence electrons. The Morgan fingerprint density at radius 2 is 1.76 bits per heavy atom. The second-order valence-electron chi connectivity index (χ2n) is 9.37. The van der Waals surface area contributed by atoms with Crippen LogP contribution < -0.4 is 10.1 Å². The lowest BCUT2D eigenvalue weighted by Gasteiger charge is -2.36. The molecule has 2 amide bonds. The second kappa shape index (κ2) is 10.8. The molecule has 1 atom stereocenters. The number of amides is 2. The first-order valence-electron chi connectivity index (χ1n) is 12.0. The number of likely N-dealkylation sites (N-methyl/N-ethyl adjacent to an activating group) is 1. The van der Waals surface area contributed by atoms with E-state index in [1.165, 1.54) is 5.56 Å². The molecule has 34 heavy (non-hydrogen) atoms. The van der Waals surface area contributed by atoms with Crippen LogP contribution in [0.15, 0.2) is 59.8 Å². The Labute approximate surface area is 202 Å². The summed E-state index contributed by atoms with van der Waals surface area (Å²) in [5.74, 6) is 0.245. The van der Waals surface area contributed by atoms with Gasteiger partial charge in [0.15, 0.2) is 0 Å². The van der Waals surface area contributed by atoms with Gasteiger partial charge in [-0.15, -0.1) is 0 Å². The molecule has 0 spiro atoms. The number of carbonyl (C=O) groups is 2. The first-order valence-corrected chi connectivity index (χ1v) is 12.0. The van der Waals surface area contributed by atoms with Gasteiger partial charge in [0, 0.05) is 6.54 Å². The van der Waals surface area contributed by atoms with Crippen molar-refractivity contribution in [3.8, 4) is 5.75 Å². The van der Waals surface area contributed by atoms with E-state index in [9.17, 15) is 9.59 Å². The Hall–Kier alpha value is -3.28. The standard InChI is InChI=1S/C28H36N2O4/c1-7-19-11-10-12-22(17-19)34-18-23-24(26(31)33-9-3)25(29-27(32)30(23)8-2)20-13-15-21(16-14-20)28(4,5)6/h10-17,25H,7-9,18H2,1-6H3,(H,29,32)/t25-/m0/s1. The summed E-state index contributed by atoms with van der Waals surface area (Å²) in [6, 6.07) is 15.0. The Kier molecular flexibility index (Phi) is 8.02. The van der Waals surface area contributed by atoms with E-state index in [4.69, 9.17) is 9.47 Å². The number of carbonyl (C=O) groups excluding carboxylic acids is 2. The molecule has 1 aliphatic rings. The lowest BCUT2D eigenvalue weighted by molar-refractivity contribution is -0.139.